The molecule has 2 atom stereocenters. The number of hydrogen-bond acceptors (Lipinski definition) is 4. The van der Waals surface area contributed by atoms with Crippen LogP contribution in [0.5, 0.6) is 0 Å². The summed E-state index contributed by atoms with van der Waals surface area (Å²) >= 11 is 0. The number of rotatable bonds is 3. The van der Waals surface area contributed by atoms with Crippen LogP contribution in [-0.4, -0.2) is 45.8 Å². The van der Waals surface area contributed by atoms with Gasteiger partial charge in [-0.1, -0.05) is 0 Å². The minimum atomic E-state index is -3.25. The van der Waals surface area contributed by atoms with Crippen molar-refractivity contribution in [2.75, 3.05) is 23.7 Å². The van der Waals surface area contributed by atoms with E-state index in [0.717, 1.165) is 24.9 Å². The van der Waals surface area contributed by atoms with Gasteiger partial charge in [-0.05, 0) is 56.5 Å². The van der Waals surface area contributed by atoms with Crippen LogP contribution in [0.3, 0.4) is 0 Å². The molecule has 0 spiro atoms. The summed E-state index contributed by atoms with van der Waals surface area (Å²) in [5.41, 5.74) is 2.20. The lowest BCUT2D eigenvalue weighted by Crippen LogP contribution is -2.51. The van der Waals surface area contributed by atoms with Crippen LogP contribution in [-0.2, 0) is 16.4 Å². The Morgan fingerprint density at radius 2 is 2.17 bits per heavy atom. The molecule has 126 valence electrons. The topological polar surface area (TPSA) is 78.5 Å². The Balaban J connectivity index is 1.76. The average molecular weight is 337 g/mol. The van der Waals surface area contributed by atoms with Crippen LogP contribution in [0.15, 0.2) is 18.2 Å². The van der Waals surface area contributed by atoms with Crippen LogP contribution in [0.25, 0.3) is 0 Å². The maximum absolute atomic E-state index is 12.5. The zero-order chi connectivity index (χ0) is 16.6. The minimum absolute atomic E-state index is 0.0915. The molecule has 1 saturated heterocycles. The van der Waals surface area contributed by atoms with E-state index in [1.165, 1.54) is 10.6 Å². The van der Waals surface area contributed by atoms with E-state index in [9.17, 15) is 13.2 Å². The van der Waals surface area contributed by atoms with E-state index in [1.807, 2.05) is 6.07 Å². The van der Waals surface area contributed by atoms with Crippen LogP contribution >= 0.6 is 0 Å². The molecule has 2 heterocycles. The van der Waals surface area contributed by atoms with E-state index < -0.39 is 10.0 Å². The smallest absolute Gasteiger partial charge is 0.251 e. The molecule has 3 rings (SSSR count). The van der Waals surface area contributed by atoms with Gasteiger partial charge in [-0.15, -0.1) is 0 Å². The number of anilines is 1. The van der Waals surface area contributed by atoms with Gasteiger partial charge in [0.2, 0.25) is 10.0 Å². The molecule has 0 aliphatic carbocycles. The van der Waals surface area contributed by atoms with Crippen molar-refractivity contribution in [3.05, 3.63) is 29.3 Å². The average Bonchev–Trinajstić information content (AvgIpc) is 2.92. The molecular weight excluding hydrogens is 314 g/mol. The molecule has 1 aromatic rings. The summed E-state index contributed by atoms with van der Waals surface area (Å²) in [4.78, 5) is 12.5. The fraction of sp³-hybridized carbons (Fsp3) is 0.562. The van der Waals surface area contributed by atoms with Gasteiger partial charge in [-0.2, -0.15) is 0 Å². The molecule has 2 unspecified atom stereocenters. The van der Waals surface area contributed by atoms with Crippen molar-refractivity contribution >= 4 is 21.6 Å². The summed E-state index contributed by atoms with van der Waals surface area (Å²) in [6.45, 7) is 3.52. The molecule has 7 heteroatoms. The summed E-state index contributed by atoms with van der Waals surface area (Å²) in [5, 5.41) is 6.45. The van der Waals surface area contributed by atoms with E-state index in [1.54, 1.807) is 12.1 Å². The molecule has 0 radical (unpaired) electrons. The van der Waals surface area contributed by atoms with Gasteiger partial charge in [0.15, 0.2) is 0 Å². The zero-order valence-electron chi connectivity index (χ0n) is 13.5. The van der Waals surface area contributed by atoms with Crippen LogP contribution in [0.2, 0.25) is 0 Å². The standard InChI is InChI=1S/C16H23N3O3S/c1-11-14(4-3-8-17-11)18-16(20)13-5-6-15-12(10-13)7-9-19(15)23(2,21)22/h5-6,10-11,14,17H,3-4,7-9H2,1-2H3,(H,18,20). The number of hydrogen-bond donors (Lipinski definition) is 2. The normalized spacial score (nSPS) is 24.3. The highest BCUT2D eigenvalue weighted by molar-refractivity contribution is 7.92. The monoisotopic (exact) mass is 337 g/mol. The summed E-state index contributed by atoms with van der Waals surface area (Å²) in [5.74, 6) is -0.0915. The summed E-state index contributed by atoms with van der Waals surface area (Å²) in [6.07, 6.45) is 3.89. The third-order valence-electron chi connectivity index (χ3n) is 4.67. The summed E-state index contributed by atoms with van der Waals surface area (Å²) < 4.78 is 24.9. The first kappa shape index (κ1) is 16.3. The van der Waals surface area contributed by atoms with Crippen molar-refractivity contribution in [1.82, 2.24) is 10.6 Å². The Morgan fingerprint density at radius 3 is 2.87 bits per heavy atom. The third-order valence-corrected chi connectivity index (χ3v) is 5.85. The van der Waals surface area contributed by atoms with Gasteiger partial charge in [0.25, 0.3) is 5.91 Å². The van der Waals surface area contributed by atoms with E-state index >= 15 is 0 Å². The van der Waals surface area contributed by atoms with E-state index in [-0.39, 0.29) is 18.0 Å². The lowest BCUT2D eigenvalue weighted by atomic mass is 9.99. The first-order valence-electron chi connectivity index (χ1n) is 8.01. The van der Waals surface area contributed by atoms with Gasteiger partial charge in [0, 0.05) is 24.2 Å². The van der Waals surface area contributed by atoms with E-state index in [4.69, 9.17) is 0 Å². The first-order chi connectivity index (χ1) is 10.9. The second-order valence-corrected chi connectivity index (χ2v) is 8.30. The fourth-order valence-corrected chi connectivity index (χ4v) is 4.31. The number of benzene rings is 1. The van der Waals surface area contributed by atoms with Crippen molar-refractivity contribution in [3.8, 4) is 0 Å². The molecule has 2 N–H and O–H groups in total. The number of carbonyl (C=O) groups excluding carboxylic acids is 1. The Bertz CT molecular complexity index is 717. The number of piperidine rings is 1. The van der Waals surface area contributed by atoms with Crippen molar-refractivity contribution in [3.63, 3.8) is 0 Å². The number of sulfonamides is 1. The minimum Gasteiger partial charge on any atom is -0.348 e. The van der Waals surface area contributed by atoms with Crippen LogP contribution in [0, 0.1) is 0 Å². The van der Waals surface area contributed by atoms with Gasteiger partial charge < -0.3 is 10.6 Å². The number of nitrogens with one attached hydrogen (secondary N) is 2. The second kappa shape index (κ2) is 6.13. The second-order valence-electron chi connectivity index (χ2n) is 6.39. The van der Waals surface area contributed by atoms with Crippen molar-refractivity contribution in [2.24, 2.45) is 0 Å². The fourth-order valence-electron chi connectivity index (χ4n) is 3.35. The quantitative estimate of drug-likeness (QED) is 0.858. The van der Waals surface area contributed by atoms with Gasteiger partial charge in [0.1, 0.15) is 0 Å². The maximum Gasteiger partial charge on any atom is 0.251 e. The molecule has 0 aromatic heterocycles. The summed E-state index contributed by atoms with van der Waals surface area (Å²) in [7, 11) is -3.25. The maximum atomic E-state index is 12.5. The van der Waals surface area contributed by atoms with Crippen molar-refractivity contribution in [2.45, 2.75) is 38.3 Å². The molecule has 1 amide bonds. The molecule has 1 fully saturated rings. The Kier molecular flexibility index (Phi) is 4.33. The lowest BCUT2D eigenvalue weighted by Gasteiger charge is -2.30. The Morgan fingerprint density at radius 1 is 1.39 bits per heavy atom. The number of carbonyl (C=O) groups is 1. The number of nitrogens with zero attached hydrogens (tertiary/aromatic N) is 1. The summed E-state index contributed by atoms with van der Waals surface area (Å²) in [6, 6.07) is 5.66. The van der Waals surface area contributed by atoms with Crippen molar-refractivity contribution in [1.29, 1.82) is 0 Å². The molecule has 2 aliphatic heterocycles. The van der Waals surface area contributed by atoms with E-state index in [2.05, 4.69) is 17.6 Å². The molecule has 0 saturated carbocycles. The number of amides is 1. The predicted molar refractivity (Wildman–Crippen MR) is 90.3 cm³/mol. The van der Waals surface area contributed by atoms with Crippen LogP contribution < -0.4 is 14.9 Å². The third kappa shape index (κ3) is 3.35. The highest BCUT2D eigenvalue weighted by Crippen LogP contribution is 2.30. The molecule has 6 nitrogen and oxygen atoms in total. The SMILES string of the molecule is CC1NCCCC1NC(=O)c1ccc2c(c1)CCN2S(C)(=O)=O. The molecular formula is C16H23N3O3S. The number of fused-ring (bicyclic) bond motifs is 1. The van der Waals surface area contributed by atoms with Gasteiger partial charge in [-0.25, -0.2) is 8.42 Å². The molecule has 2 aliphatic rings. The van der Waals surface area contributed by atoms with E-state index in [0.29, 0.717) is 24.2 Å². The first-order valence-corrected chi connectivity index (χ1v) is 9.86. The predicted octanol–water partition coefficient (Wildman–Crippen LogP) is 0.879. The van der Waals surface area contributed by atoms with Crippen LogP contribution in [0.1, 0.15) is 35.7 Å². The Hall–Kier alpha value is -1.60. The van der Waals surface area contributed by atoms with Gasteiger partial charge in [0.05, 0.1) is 11.9 Å². The molecule has 0 bridgehead atoms. The van der Waals surface area contributed by atoms with Crippen LogP contribution in [0.4, 0.5) is 5.69 Å². The molecule has 1 aromatic carbocycles. The molecule has 23 heavy (non-hydrogen) atoms. The van der Waals surface area contributed by atoms with Crippen molar-refractivity contribution < 1.29 is 13.2 Å². The highest BCUT2D eigenvalue weighted by atomic mass is 32.2. The van der Waals surface area contributed by atoms with Gasteiger partial charge in [-0.3, -0.25) is 9.10 Å². The largest absolute Gasteiger partial charge is 0.348 e. The van der Waals surface area contributed by atoms with Gasteiger partial charge >= 0.3 is 0 Å². The lowest BCUT2D eigenvalue weighted by molar-refractivity contribution is 0.0920. The Labute approximate surface area is 137 Å². The highest BCUT2D eigenvalue weighted by Gasteiger charge is 2.28. The zero-order valence-corrected chi connectivity index (χ0v) is 14.3.